The highest BCUT2D eigenvalue weighted by molar-refractivity contribution is 5.79. The van der Waals surface area contributed by atoms with E-state index in [-0.39, 0.29) is 23.8 Å². The van der Waals surface area contributed by atoms with Crippen LogP contribution >= 0.6 is 0 Å². The van der Waals surface area contributed by atoms with Crippen molar-refractivity contribution < 1.29 is 9.53 Å². The summed E-state index contributed by atoms with van der Waals surface area (Å²) in [6.07, 6.45) is 5.05. The number of aromatic amines is 1. The van der Waals surface area contributed by atoms with Crippen molar-refractivity contribution in [3.05, 3.63) is 11.6 Å². The van der Waals surface area contributed by atoms with Crippen LogP contribution in [0.1, 0.15) is 49.7 Å². The maximum Gasteiger partial charge on any atom is 0.223 e. The van der Waals surface area contributed by atoms with Gasteiger partial charge in [-0.25, -0.2) is 4.98 Å². The normalized spacial score (nSPS) is 29.1. The fourth-order valence-corrected chi connectivity index (χ4v) is 4.91. The second-order valence-electron chi connectivity index (χ2n) is 8.71. The fourth-order valence-electron chi connectivity index (χ4n) is 4.91. The molecule has 0 aliphatic carbocycles. The summed E-state index contributed by atoms with van der Waals surface area (Å²) < 4.78 is 5.42. The summed E-state index contributed by atoms with van der Waals surface area (Å²) in [5.41, 5.74) is 0. The number of aryl methyl sites for hydroxylation is 1. The summed E-state index contributed by atoms with van der Waals surface area (Å²) in [5.74, 6) is 2.11. The van der Waals surface area contributed by atoms with E-state index in [2.05, 4.69) is 37.3 Å². The van der Waals surface area contributed by atoms with Crippen LogP contribution in [0.4, 0.5) is 0 Å². The van der Waals surface area contributed by atoms with E-state index in [1.165, 1.54) is 12.8 Å². The summed E-state index contributed by atoms with van der Waals surface area (Å²) in [4.78, 5) is 22.5. The smallest absolute Gasteiger partial charge is 0.223 e. The third-order valence-electron chi connectivity index (χ3n) is 6.71. The zero-order valence-electron chi connectivity index (χ0n) is 17.2. The molecule has 2 N–H and O–H groups in total. The number of carbonyl (C=O) groups excluding carboxylic acids is 1. The quantitative estimate of drug-likeness (QED) is 0.795. The van der Waals surface area contributed by atoms with Gasteiger partial charge in [0.1, 0.15) is 5.82 Å². The Morgan fingerprint density at radius 3 is 2.57 bits per heavy atom. The molecular formula is C20H34N6O2. The van der Waals surface area contributed by atoms with E-state index < -0.39 is 0 Å². The SMILES string of the molecule is Cc1nc([C@H]2CCN(C3CCN(C)CC3)C[C@H]2NC(=O)C2CCOCC2)n[nH]1. The predicted molar refractivity (Wildman–Crippen MR) is 106 cm³/mol. The molecule has 1 amide bonds. The van der Waals surface area contributed by atoms with Crippen molar-refractivity contribution in [1.82, 2.24) is 30.3 Å². The van der Waals surface area contributed by atoms with Crippen LogP contribution in [-0.4, -0.2) is 89.4 Å². The number of amides is 1. The lowest BCUT2D eigenvalue weighted by atomic mass is 9.87. The average Bonchev–Trinajstić information content (AvgIpc) is 3.15. The van der Waals surface area contributed by atoms with E-state index in [1.54, 1.807) is 0 Å². The van der Waals surface area contributed by atoms with Gasteiger partial charge >= 0.3 is 0 Å². The molecule has 1 aromatic rings. The van der Waals surface area contributed by atoms with Gasteiger partial charge in [0.15, 0.2) is 5.82 Å². The Hall–Kier alpha value is -1.51. The van der Waals surface area contributed by atoms with Crippen molar-refractivity contribution in [2.75, 3.05) is 46.4 Å². The largest absolute Gasteiger partial charge is 0.381 e. The number of aromatic nitrogens is 3. The highest BCUT2D eigenvalue weighted by atomic mass is 16.5. The van der Waals surface area contributed by atoms with E-state index >= 15 is 0 Å². The van der Waals surface area contributed by atoms with E-state index in [1.807, 2.05) is 6.92 Å². The minimum absolute atomic E-state index is 0.0685. The van der Waals surface area contributed by atoms with Crippen LogP contribution in [0.25, 0.3) is 0 Å². The van der Waals surface area contributed by atoms with Crippen molar-refractivity contribution in [3.63, 3.8) is 0 Å². The highest BCUT2D eigenvalue weighted by Gasteiger charge is 2.37. The first kappa shape index (κ1) is 19.8. The van der Waals surface area contributed by atoms with Crippen LogP contribution in [-0.2, 0) is 9.53 Å². The number of nitrogens with one attached hydrogen (secondary N) is 2. The number of carbonyl (C=O) groups is 1. The molecule has 0 saturated carbocycles. The van der Waals surface area contributed by atoms with Crippen molar-refractivity contribution >= 4 is 5.91 Å². The fraction of sp³-hybridized carbons (Fsp3) is 0.850. The van der Waals surface area contributed by atoms with Gasteiger partial charge in [-0.05, 0) is 65.7 Å². The maximum absolute atomic E-state index is 12.9. The summed E-state index contributed by atoms with van der Waals surface area (Å²) in [6.45, 7) is 7.56. The van der Waals surface area contributed by atoms with Crippen molar-refractivity contribution in [1.29, 1.82) is 0 Å². The first-order chi connectivity index (χ1) is 13.6. The van der Waals surface area contributed by atoms with E-state index in [0.29, 0.717) is 19.3 Å². The van der Waals surface area contributed by atoms with E-state index in [0.717, 1.165) is 57.1 Å². The molecule has 4 rings (SSSR count). The minimum Gasteiger partial charge on any atom is -0.381 e. The molecule has 28 heavy (non-hydrogen) atoms. The van der Waals surface area contributed by atoms with Gasteiger partial charge in [0.05, 0.1) is 6.04 Å². The standard InChI is InChI=1S/C20H34N6O2/c1-14-21-19(24-23-14)17-5-10-26(16-3-8-25(2)9-4-16)13-18(17)22-20(27)15-6-11-28-12-7-15/h15-18H,3-13H2,1-2H3,(H,22,27)(H,21,23,24)/t17-,18+/m0/s1. The summed E-state index contributed by atoms with van der Waals surface area (Å²) in [7, 11) is 2.20. The molecule has 8 heteroatoms. The molecule has 0 spiro atoms. The van der Waals surface area contributed by atoms with Gasteiger partial charge in [0, 0.05) is 37.6 Å². The Morgan fingerprint density at radius 1 is 1.14 bits per heavy atom. The average molecular weight is 391 g/mol. The van der Waals surface area contributed by atoms with Gasteiger partial charge in [-0.3, -0.25) is 14.8 Å². The van der Waals surface area contributed by atoms with Gasteiger partial charge in [-0.1, -0.05) is 0 Å². The van der Waals surface area contributed by atoms with Crippen LogP contribution in [0.15, 0.2) is 0 Å². The van der Waals surface area contributed by atoms with Gasteiger partial charge in [0.25, 0.3) is 0 Å². The summed E-state index contributed by atoms with van der Waals surface area (Å²) in [5, 5.41) is 10.8. The number of nitrogens with zero attached hydrogens (tertiary/aromatic N) is 4. The highest BCUT2D eigenvalue weighted by Crippen LogP contribution is 2.30. The predicted octanol–water partition coefficient (Wildman–Crippen LogP) is 0.908. The van der Waals surface area contributed by atoms with Gasteiger partial charge in [-0.2, -0.15) is 5.10 Å². The molecule has 3 saturated heterocycles. The van der Waals surface area contributed by atoms with Crippen LogP contribution in [0.5, 0.6) is 0 Å². The second kappa shape index (κ2) is 8.88. The van der Waals surface area contributed by atoms with Crippen molar-refractivity contribution in [2.24, 2.45) is 5.92 Å². The number of rotatable bonds is 4. The number of hydrogen-bond donors (Lipinski definition) is 2. The van der Waals surface area contributed by atoms with Crippen molar-refractivity contribution in [3.8, 4) is 0 Å². The lowest BCUT2D eigenvalue weighted by molar-refractivity contribution is -0.129. The molecule has 0 unspecified atom stereocenters. The lowest BCUT2D eigenvalue weighted by Crippen LogP contribution is -2.56. The lowest BCUT2D eigenvalue weighted by Gasteiger charge is -2.44. The third-order valence-corrected chi connectivity index (χ3v) is 6.71. The Bertz CT molecular complexity index is 651. The molecule has 0 bridgehead atoms. The topological polar surface area (TPSA) is 86.4 Å². The molecule has 2 atom stereocenters. The molecule has 3 aliphatic heterocycles. The third kappa shape index (κ3) is 4.55. The molecule has 0 radical (unpaired) electrons. The number of hydrogen-bond acceptors (Lipinski definition) is 6. The Balaban J connectivity index is 1.45. The Labute approximate surface area is 167 Å². The van der Waals surface area contributed by atoms with Crippen LogP contribution in [0, 0.1) is 12.8 Å². The van der Waals surface area contributed by atoms with Crippen molar-refractivity contribution in [2.45, 2.75) is 57.0 Å². The first-order valence-corrected chi connectivity index (χ1v) is 10.8. The van der Waals surface area contributed by atoms with Crippen LogP contribution in [0.3, 0.4) is 0 Å². The maximum atomic E-state index is 12.9. The molecule has 4 heterocycles. The molecule has 156 valence electrons. The zero-order valence-corrected chi connectivity index (χ0v) is 17.2. The van der Waals surface area contributed by atoms with Crippen LogP contribution in [0.2, 0.25) is 0 Å². The second-order valence-corrected chi connectivity index (χ2v) is 8.71. The number of ether oxygens (including phenoxy) is 1. The molecule has 3 fully saturated rings. The number of likely N-dealkylation sites (tertiary alicyclic amines) is 2. The van der Waals surface area contributed by atoms with Gasteiger partial charge in [0.2, 0.25) is 5.91 Å². The van der Waals surface area contributed by atoms with E-state index in [9.17, 15) is 4.79 Å². The zero-order chi connectivity index (χ0) is 19.5. The number of H-pyrrole nitrogens is 1. The van der Waals surface area contributed by atoms with Crippen LogP contribution < -0.4 is 5.32 Å². The summed E-state index contributed by atoms with van der Waals surface area (Å²) in [6, 6.07) is 0.687. The van der Waals surface area contributed by atoms with Gasteiger partial charge in [-0.15, -0.1) is 0 Å². The Morgan fingerprint density at radius 2 is 1.89 bits per heavy atom. The van der Waals surface area contributed by atoms with Gasteiger partial charge < -0.3 is 15.0 Å². The summed E-state index contributed by atoms with van der Waals surface area (Å²) >= 11 is 0. The first-order valence-electron chi connectivity index (χ1n) is 10.8. The monoisotopic (exact) mass is 390 g/mol. The molecule has 8 nitrogen and oxygen atoms in total. The Kier molecular flexibility index (Phi) is 6.28. The molecule has 1 aromatic heterocycles. The van der Waals surface area contributed by atoms with E-state index in [4.69, 9.17) is 4.74 Å². The molecular weight excluding hydrogens is 356 g/mol. The number of piperidine rings is 2. The minimum atomic E-state index is 0.0685. The molecule has 0 aromatic carbocycles. The molecule has 3 aliphatic rings.